The minimum atomic E-state index is -0.437. The summed E-state index contributed by atoms with van der Waals surface area (Å²) < 4.78 is 0.714. The summed E-state index contributed by atoms with van der Waals surface area (Å²) in [4.78, 5) is 24.8. The van der Waals surface area contributed by atoms with E-state index in [4.69, 9.17) is 11.5 Å². The monoisotopic (exact) mass is 356 g/mol. The number of hydrogen-bond donors (Lipinski definition) is 3. The van der Waals surface area contributed by atoms with E-state index in [1.54, 1.807) is 23.1 Å². The van der Waals surface area contributed by atoms with Crippen molar-refractivity contribution in [2.45, 2.75) is 19.8 Å². The number of anilines is 2. The van der Waals surface area contributed by atoms with Crippen LogP contribution in [0.4, 0.5) is 11.4 Å². The summed E-state index contributed by atoms with van der Waals surface area (Å²) in [6.07, 6.45) is 1.90. The van der Waals surface area contributed by atoms with Gasteiger partial charge in [0.1, 0.15) is 0 Å². The molecule has 1 aromatic rings. The van der Waals surface area contributed by atoms with E-state index in [1.165, 1.54) is 0 Å². The summed E-state index contributed by atoms with van der Waals surface area (Å²) in [6.45, 7) is 2.92. The van der Waals surface area contributed by atoms with Crippen molar-refractivity contribution in [1.29, 1.82) is 0 Å². The first-order chi connectivity index (χ1) is 9.92. The molecule has 1 aromatic carbocycles. The molecule has 6 nitrogen and oxygen atoms in total. The van der Waals surface area contributed by atoms with Gasteiger partial charge >= 0.3 is 0 Å². The predicted octanol–water partition coefficient (Wildman–Crippen LogP) is 1.56. The number of nitrogens with one attached hydrogen (secondary N) is 1. The van der Waals surface area contributed by atoms with Crippen molar-refractivity contribution in [3.63, 3.8) is 0 Å². The third-order valence-corrected chi connectivity index (χ3v) is 3.50. The smallest absolute Gasteiger partial charge is 0.238 e. The van der Waals surface area contributed by atoms with Crippen LogP contribution in [-0.2, 0) is 9.59 Å². The van der Waals surface area contributed by atoms with Gasteiger partial charge < -0.3 is 16.8 Å². The first-order valence-corrected chi connectivity index (χ1v) is 7.57. The van der Waals surface area contributed by atoms with Crippen molar-refractivity contribution >= 4 is 39.1 Å². The van der Waals surface area contributed by atoms with Crippen molar-refractivity contribution in [1.82, 2.24) is 4.90 Å². The highest BCUT2D eigenvalue weighted by atomic mass is 79.9. The van der Waals surface area contributed by atoms with Gasteiger partial charge in [-0.1, -0.05) is 13.3 Å². The Bertz CT molecular complexity index is 508. The summed E-state index contributed by atoms with van der Waals surface area (Å²) >= 11 is 3.34. The van der Waals surface area contributed by atoms with Crippen LogP contribution in [0.1, 0.15) is 19.8 Å². The van der Waals surface area contributed by atoms with Gasteiger partial charge in [-0.3, -0.25) is 14.5 Å². The van der Waals surface area contributed by atoms with Crippen LogP contribution in [-0.4, -0.2) is 36.3 Å². The van der Waals surface area contributed by atoms with Crippen LogP contribution >= 0.6 is 15.9 Å². The van der Waals surface area contributed by atoms with Gasteiger partial charge in [0.05, 0.1) is 18.8 Å². The molecule has 1 rings (SSSR count). The Kier molecular flexibility index (Phi) is 7.18. The highest BCUT2D eigenvalue weighted by Gasteiger charge is 2.13. The summed E-state index contributed by atoms with van der Waals surface area (Å²) in [5.41, 5.74) is 12.1. The Balaban J connectivity index is 2.61. The number of nitrogens with two attached hydrogens (primary N) is 2. The topological polar surface area (TPSA) is 101 Å². The normalized spacial score (nSPS) is 10.6. The fourth-order valence-corrected chi connectivity index (χ4v) is 2.34. The highest BCUT2D eigenvalue weighted by molar-refractivity contribution is 9.10. The van der Waals surface area contributed by atoms with Gasteiger partial charge in [-0.25, -0.2) is 0 Å². The van der Waals surface area contributed by atoms with Gasteiger partial charge in [0, 0.05) is 10.2 Å². The van der Waals surface area contributed by atoms with Crippen LogP contribution < -0.4 is 16.8 Å². The van der Waals surface area contributed by atoms with Gasteiger partial charge in [-0.15, -0.1) is 0 Å². The molecule has 7 heteroatoms. The number of rotatable bonds is 8. The Morgan fingerprint density at radius 1 is 1.33 bits per heavy atom. The van der Waals surface area contributed by atoms with Gasteiger partial charge in [0.15, 0.2) is 0 Å². The summed E-state index contributed by atoms with van der Waals surface area (Å²) in [6, 6.07) is 5.15. The van der Waals surface area contributed by atoms with E-state index in [0.717, 1.165) is 12.8 Å². The second kappa shape index (κ2) is 8.63. The molecule has 5 N–H and O–H groups in total. The van der Waals surface area contributed by atoms with Crippen LogP contribution in [0.25, 0.3) is 0 Å². The lowest BCUT2D eigenvalue weighted by Crippen LogP contribution is -2.39. The van der Waals surface area contributed by atoms with Crippen LogP contribution in [0.5, 0.6) is 0 Å². The number of primary amides is 1. The third kappa shape index (κ3) is 6.59. The van der Waals surface area contributed by atoms with E-state index >= 15 is 0 Å². The average molecular weight is 357 g/mol. The molecule has 0 bridgehead atoms. The average Bonchev–Trinajstić information content (AvgIpc) is 2.38. The number of nitrogens with zero attached hydrogens (tertiary/aromatic N) is 1. The van der Waals surface area contributed by atoms with E-state index in [9.17, 15) is 9.59 Å². The number of nitrogen functional groups attached to an aromatic ring is 1. The maximum Gasteiger partial charge on any atom is 0.238 e. The zero-order valence-electron chi connectivity index (χ0n) is 12.1. The van der Waals surface area contributed by atoms with Crippen molar-refractivity contribution < 1.29 is 9.59 Å². The molecule has 0 saturated heterocycles. The lowest BCUT2D eigenvalue weighted by molar-refractivity contribution is -0.121. The maximum absolute atomic E-state index is 12.0. The Morgan fingerprint density at radius 2 is 2.05 bits per heavy atom. The quantitative estimate of drug-likeness (QED) is 0.615. The van der Waals surface area contributed by atoms with E-state index in [2.05, 4.69) is 21.2 Å². The number of carbonyl (C=O) groups is 2. The summed E-state index contributed by atoms with van der Waals surface area (Å²) in [7, 11) is 0. The van der Waals surface area contributed by atoms with E-state index < -0.39 is 5.91 Å². The SMILES string of the molecule is CCCCN(CC(N)=O)CC(=O)Nc1ccc(N)cc1Br. The number of benzene rings is 1. The molecular weight excluding hydrogens is 336 g/mol. The minimum absolute atomic E-state index is 0.0797. The lowest BCUT2D eigenvalue weighted by atomic mass is 10.2. The molecule has 0 aromatic heterocycles. The largest absolute Gasteiger partial charge is 0.399 e. The number of unbranched alkanes of at least 4 members (excludes halogenated alkanes) is 1. The maximum atomic E-state index is 12.0. The molecule has 0 heterocycles. The summed E-state index contributed by atoms with van der Waals surface area (Å²) in [5, 5.41) is 2.78. The number of carbonyl (C=O) groups excluding carboxylic acids is 2. The number of amides is 2. The molecule has 0 aliphatic heterocycles. The van der Waals surface area contributed by atoms with Gasteiger partial charge in [0.25, 0.3) is 0 Å². The Labute approximate surface area is 133 Å². The van der Waals surface area contributed by atoms with Crippen LogP contribution in [0.3, 0.4) is 0 Å². The van der Waals surface area contributed by atoms with Crippen molar-refractivity contribution in [3.05, 3.63) is 22.7 Å². The molecule has 0 atom stereocenters. The Hall–Kier alpha value is -1.60. The second-order valence-electron chi connectivity index (χ2n) is 4.82. The first-order valence-electron chi connectivity index (χ1n) is 6.78. The van der Waals surface area contributed by atoms with Gasteiger partial charge in [-0.05, 0) is 47.1 Å². The van der Waals surface area contributed by atoms with E-state index in [1.807, 2.05) is 6.92 Å². The molecule has 116 valence electrons. The van der Waals surface area contributed by atoms with Gasteiger partial charge in [0.2, 0.25) is 11.8 Å². The Morgan fingerprint density at radius 3 is 2.62 bits per heavy atom. The molecule has 0 aliphatic rings. The lowest BCUT2D eigenvalue weighted by Gasteiger charge is -2.20. The third-order valence-electron chi connectivity index (χ3n) is 2.84. The van der Waals surface area contributed by atoms with E-state index in [0.29, 0.717) is 22.4 Å². The predicted molar refractivity (Wildman–Crippen MR) is 87.7 cm³/mol. The van der Waals surface area contributed by atoms with Crippen molar-refractivity contribution in [2.75, 3.05) is 30.7 Å². The molecule has 0 radical (unpaired) electrons. The molecule has 0 unspecified atom stereocenters. The molecule has 0 aliphatic carbocycles. The highest BCUT2D eigenvalue weighted by Crippen LogP contribution is 2.24. The van der Waals surface area contributed by atoms with Crippen molar-refractivity contribution in [3.8, 4) is 0 Å². The number of halogens is 1. The summed E-state index contributed by atoms with van der Waals surface area (Å²) in [5.74, 6) is -0.634. The zero-order chi connectivity index (χ0) is 15.8. The zero-order valence-corrected chi connectivity index (χ0v) is 13.6. The standard InChI is InChI=1S/C14H21BrN4O2/c1-2-3-6-19(8-13(17)20)9-14(21)18-12-5-4-10(16)7-11(12)15/h4-5,7H,2-3,6,8-9,16H2,1H3,(H2,17,20)(H,18,21). The number of hydrogen-bond acceptors (Lipinski definition) is 4. The fourth-order valence-electron chi connectivity index (χ4n) is 1.84. The van der Waals surface area contributed by atoms with E-state index in [-0.39, 0.29) is 19.0 Å². The first kappa shape index (κ1) is 17.5. The molecular formula is C14H21BrN4O2. The molecule has 0 fully saturated rings. The molecule has 0 saturated carbocycles. The van der Waals surface area contributed by atoms with Crippen LogP contribution in [0.15, 0.2) is 22.7 Å². The minimum Gasteiger partial charge on any atom is -0.399 e. The second-order valence-corrected chi connectivity index (χ2v) is 5.67. The fraction of sp³-hybridized carbons (Fsp3) is 0.429. The van der Waals surface area contributed by atoms with Gasteiger partial charge in [-0.2, -0.15) is 0 Å². The molecule has 2 amide bonds. The molecule has 0 spiro atoms. The van der Waals surface area contributed by atoms with Crippen LogP contribution in [0, 0.1) is 0 Å². The van der Waals surface area contributed by atoms with Crippen LogP contribution in [0.2, 0.25) is 0 Å². The van der Waals surface area contributed by atoms with Crippen molar-refractivity contribution in [2.24, 2.45) is 5.73 Å². The molecule has 21 heavy (non-hydrogen) atoms.